The van der Waals surface area contributed by atoms with Gasteiger partial charge in [-0.25, -0.2) is 9.59 Å². The van der Waals surface area contributed by atoms with E-state index in [0.29, 0.717) is 11.6 Å². The maximum absolute atomic E-state index is 12.9. The van der Waals surface area contributed by atoms with E-state index in [-0.39, 0.29) is 12.1 Å². The van der Waals surface area contributed by atoms with E-state index in [1.165, 1.54) is 16.7 Å². The first kappa shape index (κ1) is 14.3. The van der Waals surface area contributed by atoms with Crippen LogP contribution in [-0.4, -0.2) is 45.7 Å². The van der Waals surface area contributed by atoms with Gasteiger partial charge in [-0.3, -0.25) is 4.90 Å². The smallest absolute Gasteiger partial charge is 0.327 e. The molecule has 1 saturated heterocycles. The lowest BCUT2D eigenvalue weighted by Gasteiger charge is -2.38. The Hall–Kier alpha value is -1.69. The maximum Gasteiger partial charge on any atom is 0.327 e. The van der Waals surface area contributed by atoms with Gasteiger partial charge in [0, 0.05) is 17.5 Å². The molecule has 0 bridgehead atoms. The van der Waals surface area contributed by atoms with Gasteiger partial charge < -0.3 is 10.0 Å². The molecule has 2 aliphatic heterocycles. The van der Waals surface area contributed by atoms with Crippen LogP contribution in [0.3, 0.4) is 0 Å². The monoisotopic (exact) mass is 306 g/mol. The lowest BCUT2D eigenvalue weighted by Crippen LogP contribution is -2.53. The molecule has 112 valence electrons. The largest absolute Gasteiger partial charge is 0.480 e. The van der Waals surface area contributed by atoms with Crippen molar-refractivity contribution in [3.63, 3.8) is 0 Å². The molecule has 1 fully saturated rings. The molecular formula is C15H18N2O3S. The number of thioether (sulfide) groups is 1. The van der Waals surface area contributed by atoms with Gasteiger partial charge in [0.2, 0.25) is 0 Å². The minimum absolute atomic E-state index is 0.0902. The summed E-state index contributed by atoms with van der Waals surface area (Å²) in [5, 5.41) is 9.27. The number of anilines is 1. The summed E-state index contributed by atoms with van der Waals surface area (Å²) in [6.07, 6.45) is 1.86. The van der Waals surface area contributed by atoms with Crippen molar-refractivity contribution in [3.8, 4) is 0 Å². The van der Waals surface area contributed by atoms with E-state index >= 15 is 0 Å². The molecule has 2 amide bonds. The number of benzene rings is 1. The molecule has 2 heterocycles. The number of carboxylic acid groups (broad SMARTS) is 1. The van der Waals surface area contributed by atoms with Crippen LogP contribution < -0.4 is 4.90 Å². The molecule has 1 aromatic rings. The van der Waals surface area contributed by atoms with Crippen molar-refractivity contribution in [1.82, 2.24) is 4.90 Å². The third kappa shape index (κ3) is 2.48. The summed E-state index contributed by atoms with van der Waals surface area (Å²) in [7, 11) is 0. The number of carbonyl (C=O) groups excluding carboxylic acids is 1. The molecule has 0 aromatic heterocycles. The Labute approximate surface area is 127 Å². The normalized spacial score (nSPS) is 24.8. The Kier molecular flexibility index (Phi) is 3.80. The van der Waals surface area contributed by atoms with E-state index in [2.05, 4.69) is 0 Å². The van der Waals surface area contributed by atoms with Crippen molar-refractivity contribution in [3.05, 3.63) is 29.8 Å². The Bertz CT molecular complexity index is 578. The van der Waals surface area contributed by atoms with Crippen molar-refractivity contribution in [2.24, 2.45) is 0 Å². The second-order valence-electron chi connectivity index (χ2n) is 5.49. The molecule has 1 aromatic carbocycles. The lowest BCUT2D eigenvalue weighted by molar-refractivity contribution is -0.140. The quantitative estimate of drug-likeness (QED) is 0.865. The van der Waals surface area contributed by atoms with Gasteiger partial charge in [-0.15, -0.1) is 11.8 Å². The SMILES string of the molecule is CC1CCc2ccccc2N1C(=O)N1CSC[C@H]1C(=O)O. The van der Waals surface area contributed by atoms with Crippen molar-refractivity contribution in [1.29, 1.82) is 0 Å². The van der Waals surface area contributed by atoms with E-state index < -0.39 is 12.0 Å². The number of aliphatic carboxylic acids is 1. The number of carboxylic acids is 1. The van der Waals surface area contributed by atoms with Gasteiger partial charge in [0.05, 0.1) is 5.88 Å². The number of urea groups is 1. The van der Waals surface area contributed by atoms with E-state index in [1.807, 2.05) is 31.2 Å². The summed E-state index contributed by atoms with van der Waals surface area (Å²) in [5.74, 6) is -0.0159. The second-order valence-corrected chi connectivity index (χ2v) is 6.49. The van der Waals surface area contributed by atoms with Crippen LogP contribution in [0.25, 0.3) is 0 Å². The number of amides is 2. The summed E-state index contributed by atoms with van der Waals surface area (Å²) in [6, 6.07) is 7.06. The van der Waals surface area contributed by atoms with Crippen molar-refractivity contribution in [2.75, 3.05) is 16.5 Å². The first-order valence-electron chi connectivity index (χ1n) is 7.08. The Morgan fingerprint density at radius 1 is 1.33 bits per heavy atom. The second kappa shape index (κ2) is 5.60. The highest BCUT2D eigenvalue weighted by molar-refractivity contribution is 7.99. The molecule has 2 aliphatic rings. The molecule has 0 spiro atoms. The number of para-hydroxylation sites is 1. The van der Waals surface area contributed by atoms with Gasteiger partial charge >= 0.3 is 12.0 Å². The van der Waals surface area contributed by atoms with Gasteiger partial charge in [0.15, 0.2) is 0 Å². The first-order chi connectivity index (χ1) is 10.1. The number of rotatable bonds is 1. The molecular weight excluding hydrogens is 288 g/mol. The minimum Gasteiger partial charge on any atom is -0.480 e. The van der Waals surface area contributed by atoms with Crippen LogP contribution in [0.2, 0.25) is 0 Å². The van der Waals surface area contributed by atoms with Gasteiger partial charge in [-0.05, 0) is 31.4 Å². The zero-order valence-corrected chi connectivity index (χ0v) is 12.7. The number of carbonyl (C=O) groups is 2. The molecule has 2 atom stereocenters. The maximum atomic E-state index is 12.9. The molecule has 21 heavy (non-hydrogen) atoms. The topological polar surface area (TPSA) is 60.9 Å². The van der Waals surface area contributed by atoms with Crippen LogP contribution >= 0.6 is 11.8 Å². The minimum atomic E-state index is -0.925. The third-order valence-electron chi connectivity index (χ3n) is 4.14. The zero-order valence-electron chi connectivity index (χ0n) is 11.9. The van der Waals surface area contributed by atoms with Crippen LogP contribution in [-0.2, 0) is 11.2 Å². The fraction of sp³-hybridized carbons (Fsp3) is 0.467. The van der Waals surface area contributed by atoms with E-state index in [4.69, 9.17) is 0 Å². The highest BCUT2D eigenvalue weighted by atomic mass is 32.2. The predicted molar refractivity (Wildman–Crippen MR) is 82.7 cm³/mol. The van der Waals surface area contributed by atoms with Crippen molar-refractivity contribution < 1.29 is 14.7 Å². The van der Waals surface area contributed by atoms with Crippen LogP contribution in [0, 0.1) is 0 Å². The van der Waals surface area contributed by atoms with Crippen molar-refractivity contribution >= 4 is 29.4 Å². The van der Waals surface area contributed by atoms with Crippen molar-refractivity contribution in [2.45, 2.75) is 31.8 Å². The third-order valence-corrected chi connectivity index (χ3v) is 5.15. The van der Waals surface area contributed by atoms with Crippen LogP contribution in [0.5, 0.6) is 0 Å². The summed E-state index contributed by atoms with van der Waals surface area (Å²) in [5.41, 5.74) is 2.07. The lowest BCUT2D eigenvalue weighted by atomic mass is 9.97. The molecule has 1 N–H and O–H groups in total. The average molecular weight is 306 g/mol. The van der Waals surface area contributed by atoms with E-state index in [1.54, 1.807) is 4.90 Å². The van der Waals surface area contributed by atoms with E-state index in [0.717, 1.165) is 24.1 Å². The predicted octanol–water partition coefficient (Wildman–Crippen LogP) is 2.41. The summed E-state index contributed by atoms with van der Waals surface area (Å²) in [6.45, 7) is 2.02. The molecule has 0 saturated carbocycles. The number of nitrogens with zero attached hydrogens (tertiary/aromatic N) is 2. The van der Waals surface area contributed by atoms with Gasteiger partial charge in [0.25, 0.3) is 0 Å². The number of fused-ring (bicyclic) bond motifs is 1. The fourth-order valence-electron chi connectivity index (χ4n) is 2.95. The van der Waals surface area contributed by atoms with Crippen LogP contribution in [0.1, 0.15) is 18.9 Å². The number of hydrogen-bond donors (Lipinski definition) is 1. The standard InChI is InChI=1S/C15H18N2O3S/c1-10-6-7-11-4-2-3-5-12(11)17(10)15(20)16-9-21-8-13(16)14(18)19/h2-5,10,13H,6-9H2,1H3,(H,18,19)/t10?,13-/m0/s1. The summed E-state index contributed by atoms with van der Waals surface area (Å²) >= 11 is 1.49. The molecule has 6 heteroatoms. The van der Waals surface area contributed by atoms with Gasteiger partial charge in [-0.1, -0.05) is 18.2 Å². The highest BCUT2D eigenvalue weighted by Gasteiger charge is 2.39. The fourth-order valence-corrected chi connectivity index (χ4v) is 4.09. The molecule has 3 rings (SSSR count). The van der Waals surface area contributed by atoms with E-state index in [9.17, 15) is 14.7 Å². The molecule has 5 nitrogen and oxygen atoms in total. The summed E-state index contributed by atoms with van der Waals surface area (Å²) in [4.78, 5) is 27.4. The van der Waals surface area contributed by atoms with Crippen LogP contribution in [0.15, 0.2) is 24.3 Å². The molecule has 0 radical (unpaired) electrons. The van der Waals surface area contributed by atoms with Gasteiger partial charge in [0.1, 0.15) is 6.04 Å². The highest BCUT2D eigenvalue weighted by Crippen LogP contribution is 2.33. The number of hydrogen-bond acceptors (Lipinski definition) is 3. The Morgan fingerprint density at radius 3 is 2.86 bits per heavy atom. The number of aryl methyl sites for hydroxylation is 1. The first-order valence-corrected chi connectivity index (χ1v) is 8.23. The zero-order chi connectivity index (χ0) is 15.0. The van der Waals surface area contributed by atoms with Gasteiger partial charge in [-0.2, -0.15) is 0 Å². The Balaban J connectivity index is 1.92. The average Bonchev–Trinajstić information content (AvgIpc) is 2.96. The molecule has 0 aliphatic carbocycles. The van der Waals surface area contributed by atoms with Crippen LogP contribution in [0.4, 0.5) is 10.5 Å². The molecule has 1 unspecified atom stereocenters. The summed E-state index contributed by atoms with van der Waals surface area (Å²) < 4.78 is 0. The Morgan fingerprint density at radius 2 is 2.10 bits per heavy atom.